The number of rotatable bonds is 6. The van der Waals surface area contributed by atoms with E-state index in [1.54, 1.807) is 0 Å². The molecule has 0 aliphatic rings. The first-order valence-electron chi connectivity index (χ1n) is 18.8. The first-order chi connectivity index (χ1) is 24.6. The van der Waals surface area contributed by atoms with Crippen molar-refractivity contribution >= 4 is 60.4 Å². The Morgan fingerprint density at radius 1 is 0.472 bits per heavy atom. The molecule has 6 aromatic rings. The van der Waals surface area contributed by atoms with E-state index in [-0.39, 0.29) is 28.5 Å². The van der Waals surface area contributed by atoms with Crippen LogP contribution in [0.2, 0.25) is 0 Å². The van der Waals surface area contributed by atoms with E-state index in [2.05, 4.69) is 145 Å². The Bertz CT molecular complexity index is 2330. The molecular weight excluding hydrogens is 698 g/mol. The van der Waals surface area contributed by atoms with E-state index < -0.39 is 16.5 Å². The van der Waals surface area contributed by atoms with Crippen molar-refractivity contribution in [1.29, 1.82) is 0 Å². The molecule has 0 amide bonds. The molecule has 6 nitrogen and oxygen atoms in total. The highest BCUT2D eigenvalue weighted by Crippen LogP contribution is 2.44. The lowest BCUT2D eigenvalue weighted by Gasteiger charge is -2.21. The van der Waals surface area contributed by atoms with Crippen LogP contribution in [0.25, 0.3) is 43.9 Å². The van der Waals surface area contributed by atoms with Crippen molar-refractivity contribution in [2.24, 2.45) is 0 Å². The van der Waals surface area contributed by atoms with Gasteiger partial charge in [-0.05, 0) is 105 Å². The maximum Gasteiger partial charge on any atom is 0.387 e. The zero-order valence-electron chi connectivity index (χ0n) is 34.4. The third-order valence-electron chi connectivity index (χ3n) is 9.71. The molecule has 3 atom stereocenters. The van der Waals surface area contributed by atoms with E-state index in [1.807, 2.05) is 13.0 Å². The van der Waals surface area contributed by atoms with Gasteiger partial charge in [-0.3, -0.25) is 9.05 Å². The fraction of sp³-hybridized carbons (Fsp3) is 0.467. The SMILES string of the molecule is Cc1ccc2op(O[C@H](C)C[C@@H](C)Op3oc4c(C(C)(C)C)cc(C)cc4c4cc(C)cc(C(C)(C)C)c4o3)oc3c(C(C)(C)C)cc(C)cc3c2c1. The number of benzene rings is 4. The van der Waals surface area contributed by atoms with E-state index >= 15 is 0 Å². The van der Waals surface area contributed by atoms with Gasteiger partial charge in [-0.15, -0.1) is 0 Å². The van der Waals surface area contributed by atoms with E-state index in [0.717, 1.165) is 66.1 Å². The van der Waals surface area contributed by atoms with Gasteiger partial charge in [-0.25, -0.2) is 0 Å². The van der Waals surface area contributed by atoms with Crippen LogP contribution in [-0.2, 0) is 16.2 Å². The number of fused-ring (bicyclic) bond motifs is 6. The van der Waals surface area contributed by atoms with Crippen molar-refractivity contribution in [1.82, 2.24) is 0 Å². The Balaban J connectivity index is 1.42. The third-order valence-corrected chi connectivity index (χ3v) is 12.1. The molecule has 2 aromatic heterocycles. The molecule has 0 N–H and O–H groups in total. The summed E-state index contributed by atoms with van der Waals surface area (Å²) in [5.41, 5.74) is 10.9. The summed E-state index contributed by atoms with van der Waals surface area (Å²) in [6.45, 7) is 32.6. The van der Waals surface area contributed by atoms with Gasteiger partial charge < -0.3 is 16.8 Å². The Kier molecular flexibility index (Phi) is 10.6. The molecule has 284 valence electrons. The van der Waals surface area contributed by atoms with Crippen LogP contribution >= 0.6 is 16.5 Å². The van der Waals surface area contributed by atoms with Gasteiger partial charge in [0.15, 0.2) is 0 Å². The standard InChI is InChI=1S/C45H58O6P2/c1-26-16-17-39-32(18-26)33-19-27(2)22-36(43(7,8)9)40(33)49-52(48-39)46-30(5)25-31(6)47-53-50-41-34(20-28(3)23-37(41)44(10,11)12)35-21-29(4)24-38(42(35)51-53)45(13,14)15/h16-24,30-31H,25H2,1-15H3/t30-,31-,52?/m1/s1. The first kappa shape index (κ1) is 39.3. The quantitative estimate of drug-likeness (QED) is 0.169. The molecular formula is C45H58O6P2. The topological polar surface area (TPSA) is 71.0 Å². The van der Waals surface area contributed by atoms with Gasteiger partial charge in [0.2, 0.25) is 0 Å². The Morgan fingerprint density at radius 2 is 0.811 bits per heavy atom. The summed E-state index contributed by atoms with van der Waals surface area (Å²) in [6, 6.07) is 19.6. The highest BCUT2D eigenvalue weighted by Gasteiger charge is 2.26. The van der Waals surface area contributed by atoms with Crippen molar-refractivity contribution in [3.63, 3.8) is 0 Å². The molecule has 4 aromatic carbocycles. The summed E-state index contributed by atoms with van der Waals surface area (Å²) in [6.07, 6.45) is 0.0622. The van der Waals surface area contributed by atoms with Gasteiger partial charge >= 0.3 is 16.5 Å². The number of hydrogen-bond acceptors (Lipinski definition) is 6. The van der Waals surface area contributed by atoms with Crippen LogP contribution in [0.3, 0.4) is 0 Å². The minimum absolute atomic E-state index is 0.144. The molecule has 0 fully saturated rings. The molecule has 0 bridgehead atoms. The first-order valence-corrected chi connectivity index (χ1v) is 21.0. The maximum absolute atomic E-state index is 6.85. The van der Waals surface area contributed by atoms with Gasteiger partial charge in [0, 0.05) is 44.7 Å². The van der Waals surface area contributed by atoms with Gasteiger partial charge in [-0.1, -0.05) is 92.1 Å². The molecule has 6 rings (SSSR count). The summed E-state index contributed by atoms with van der Waals surface area (Å²) < 4.78 is 40.3. The highest BCUT2D eigenvalue weighted by atomic mass is 31.1. The number of aryl methyl sites for hydroxylation is 4. The van der Waals surface area contributed by atoms with Crippen molar-refractivity contribution in [3.8, 4) is 0 Å². The number of hydrogen-bond donors (Lipinski definition) is 0. The second kappa shape index (κ2) is 14.3. The van der Waals surface area contributed by atoms with Crippen molar-refractivity contribution in [2.75, 3.05) is 0 Å². The fourth-order valence-electron chi connectivity index (χ4n) is 7.09. The molecule has 0 saturated carbocycles. The normalized spacial score (nSPS) is 14.4. The second-order valence-corrected chi connectivity index (χ2v) is 20.2. The summed E-state index contributed by atoms with van der Waals surface area (Å²) in [7, 11) is -3.59. The van der Waals surface area contributed by atoms with E-state index in [9.17, 15) is 0 Å². The predicted octanol–water partition coefficient (Wildman–Crippen LogP) is 14.7. The van der Waals surface area contributed by atoms with Crippen LogP contribution in [0, 0.1) is 27.7 Å². The van der Waals surface area contributed by atoms with Gasteiger partial charge in [0.1, 0.15) is 22.3 Å². The summed E-state index contributed by atoms with van der Waals surface area (Å²) in [4.78, 5) is 0. The van der Waals surface area contributed by atoms with Crippen molar-refractivity contribution in [2.45, 2.75) is 139 Å². The average molecular weight is 757 g/mol. The van der Waals surface area contributed by atoms with E-state index in [1.165, 1.54) is 16.7 Å². The fourth-order valence-corrected chi connectivity index (χ4v) is 9.46. The molecule has 0 aliphatic carbocycles. The van der Waals surface area contributed by atoms with Crippen LogP contribution < -0.4 is 9.05 Å². The smallest absolute Gasteiger partial charge is 0.387 e. The molecule has 1 unspecified atom stereocenters. The molecule has 0 saturated heterocycles. The molecule has 8 heteroatoms. The Morgan fingerprint density at radius 3 is 1.19 bits per heavy atom. The molecule has 53 heavy (non-hydrogen) atoms. The lowest BCUT2D eigenvalue weighted by molar-refractivity contribution is 0.184. The van der Waals surface area contributed by atoms with Crippen LogP contribution in [0.1, 0.15) is 122 Å². The predicted molar refractivity (Wildman–Crippen MR) is 224 cm³/mol. The van der Waals surface area contributed by atoms with E-state index in [4.69, 9.17) is 25.8 Å². The van der Waals surface area contributed by atoms with Gasteiger partial charge in [-0.2, -0.15) is 0 Å². The second-order valence-electron chi connectivity index (χ2n) is 18.2. The molecule has 0 radical (unpaired) electrons. The monoisotopic (exact) mass is 756 g/mol. The summed E-state index contributed by atoms with van der Waals surface area (Å²) >= 11 is 0. The zero-order chi connectivity index (χ0) is 38.8. The summed E-state index contributed by atoms with van der Waals surface area (Å²) in [5, 5.41) is 4.14. The largest absolute Gasteiger partial charge is 0.399 e. The average Bonchev–Trinajstić information content (AvgIpc) is 3.25. The molecule has 0 aliphatic heterocycles. The van der Waals surface area contributed by atoms with E-state index in [0.29, 0.717) is 6.42 Å². The maximum atomic E-state index is 6.85. The van der Waals surface area contributed by atoms with Gasteiger partial charge in [0.05, 0.1) is 12.2 Å². The molecule has 0 spiro atoms. The molecule has 2 heterocycles. The Labute approximate surface area is 317 Å². The van der Waals surface area contributed by atoms with Crippen LogP contribution in [0.4, 0.5) is 0 Å². The zero-order valence-corrected chi connectivity index (χ0v) is 36.2. The minimum Gasteiger partial charge on any atom is -0.399 e. The van der Waals surface area contributed by atoms with Crippen LogP contribution in [0.15, 0.2) is 71.4 Å². The summed E-state index contributed by atoms with van der Waals surface area (Å²) in [5.74, 6) is 0. The van der Waals surface area contributed by atoms with Crippen LogP contribution in [-0.4, -0.2) is 12.2 Å². The lowest BCUT2D eigenvalue weighted by Crippen LogP contribution is -2.21. The van der Waals surface area contributed by atoms with Crippen molar-refractivity contribution < 1.29 is 25.8 Å². The minimum atomic E-state index is -1.82. The Hall–Kier alpha value is -3.40. The highest BCUT2D eigenvalue weighted by molar-refractivity contribution is 7.32. The van der Waals surface area contributed by atoms with Crippen molar-refractivity contribution in [3.05, 3.63) is 93.5 Å². The lowest BCUT2D eigenvalue weighted by atomic mass is 9.83. The third kappa shape index (κ3) is 8.47. The van der Waals surface area contributed by atoms with Crippen LogP contribution in [0.5, 0.6) is 0 Å². The van der Waals surface area contributed by atoms with Gasteiger partial charge in [0.25, 0.3) is 0 Å².